The van der Waals surface area contributed by atoms with Crippen molar-refractivity contribution in [1.29, 1.82) is 0 Å². The second-order valence-electron chi connectivity index (χ2n) is 3.61. The summed E-state index contributed by atoms with van der Waals surface area (Å²) in [7, 11) is -1.23. The van der Waals surface area contributed by atoms with Gasteiger partial charge in [0.2, 0.25) is 10.0 Å². The van der Waals surface area contributed by atoms with Crippen molar-refractivity contribution in [3.05, 3.63) is 20.8 Å². The van der Waals surface area contributed by atoms with Gasteiger partial charge in [0, 0.05) is 14.1 Å². The molecule has 1 N–H and O–H groups in total. The van der Waals surface area contributed by atoms with Crippen molar-refractivity contribution in [1.82, 2.24) is 9.13 Å². The van der Waals surface area contributed by atoms with Crippen molar-refractivity contribution in [3.63, 3.8) is 0 Å². The Kier molecular flexibility index (Phi) is 2.33. The molecule has 1 aromatic heterocycles. The Hall–Kier alpha value is -1.74. The molecular weight excluding hydrogens is 248 g/mol. The Morgan fingerprint density at radius 3 is 2.41 bits per heavy atom. The van der Waals surface area contributed by atoms with Gasteiger partial charge >= 0.3 is 5.69 Å². The molecule has 2 rings (SSSR count). The first-order valence-corrected chi connectivity index (χ1v) is 6.08. The van der Waals surface area contributed by atoms with Gasteiger partial charge in [-0.3, -0.25) is 18.5 Å². The minimum Gasteiger partial charge on any atom is -0.296 e. The Labute approximate surface area is 96.2 Å². The number of amidine groups is 1. The van der Waals surface area contributed by atoms with E-state index in [0.29, 0.717) is 0 Å². The molecule has 2 heterocycles. The molecule has 0 aromatic carbocycles. The average Bonchev–Trinajstić information content (AvgIpc) is 2.21. The van der Waals surface area contributed by atoms with E-state index in [-0.39, 0.29) is 11.7 Å². The molecule has 0 saturated heterocycles. The average molecular weight is 258 g/mol. The largest absolute Gasteiger partial charge is 0.332 e. The maximum atomic E-state index is 11.9. The van der Waals surface area contributed by atoms with Gasteiger partial charge in [0.05, 0.1) is 0 Å². The predicted octanol–water partition coefficient (Wildman–Crippen LogP) is -0.553. The summed E-state index contributed by atoms with van der Waals surface area (Å²) in [5, 5.41) is 0. The zero-order chi connectivity index (χ0) is 13.0. The van der Waals surface area contributed by atoms with Crippen molar-refractivity contribution in [2.75, 3.05) is 0 Å². The third-order valence-electron chi connectivity index (χ3n) is 2.38. The van der Waals surface area contributed by atoms with E-state index >= 15 is 0 Å². The topological polar surface area (TPSA) is 106 Å². The molecule has 92 valence electrons. The molecule has 0 fully saturated rings. The van der Waals surface area contributed by atoms with E-state index in [1.54, 1.807) is 0 Å². The monoisotopic (exact) mass is 258 g/mol. The maximum Gasteiger partial charge on any atom is 0.332 e. The second-order valence-corrected chi connectivity index (χ2v) is 5.19. The molecule has 9 heteroatoms. The number of nitrogens with zero attached hydrogens (tertiary/aromatic N) is 4. The molecule has 0 aliphatic carbocycles. The Bertz CT molecular complexity index is 776. The first-order valence-electron chi connectivity index (χ1n) is 4.60. The lowest BCUT2D eigenvalue weighted by Crippen LogP contribution is -2.40. The lowest BCUT2D eigenvalue weighted by atomic mass is 10.5. The van der Waals surface area contributed by atoms with Crippen LogP contribution < -0.4 is 11.2 Å². The quantitative estimate of drug-likeness (QED) is 0.673. The van der Waals surface area contributed by atoms with E-state index in [1.807, 2.05) is 0 Å². The van der Waals surface area contributed by atoms with Crippen LogP contribution in [0.5, 0.6) is 0 Å². The van der Waals surface area contributed by atoms with Crippen LogP contribution in [0.4, 0.5) is 5.82 Å². The molecule has 1 aromatic rings. The standard InChI is InChI=1S/C8H10N4O4S/c1-4-9-6-5(17(15,16)10-4)7(13)12(3)8(14)11(6)2/h1-3H3,(H,9,10,15,16). The highest BCUT2D eigenvalue weighted by atomic mass is 32.2. The van der Waals surface area contributed by atoms with Crippen LogP contribution >= 0.6 is 0 Å². The van der Waals surface area contributed by atoms with Crippen LogP contribution in [0.1, 0.15) is 6.92 Å². The summed E-state index contributed by atoms with van der Waals surface area (Å²) in [6.07, 6.45) is 0. The molecule has 8 nitrogen and oxygen atoms in total. The van der Waals surface area contributed by atoms with Gasteiger partial charge in [0.1, 0.15) is 5.84 Å². The molecule has 0 radical (unpaired) electrons. The highest BCUT2D eigenvalue weighted by Gasteiger charge is 2.27. The van der Waals surface area contributed by atoms with Crippen molar-refractivity contribution >= 4 is 21.7 Å². The molecule has 17 heavy (non-hydrogen) atoms. The molecule has 0 bridgehead atoms. The van der Waals surface area contributed by atoms with Crippen LogP contribution in [-0.2, 0) is 24.1 Å². The third-order valence-corrected chi connectivity index (χ3v) is 3.78. The normalized spacial score (nSPS) is 22.7. The van der Waals surface area contributed by atoms with E-state index in [2.05, 4.69) is 9.36 Å². The van der Waals surface area contributed by atoms with Crippen molar-refractivity contribution in [3.8, 4) is 0 Å². The second kappa shape index (κ2) is 3.37. The number of fused-ring (bicyclic) bond motifs is 1. The van der Waals surface area contributed by atoms with Crippen LogP contribution in [0.25, 0.3) is 0 Å². The van der Waals surface area contributed by atoms with Gasteiger partial charge in [0.15, 0.2) is 10.7 Å². The van der Waals surface area contributed by atoms with Crippen LogP contribution in [0.15, 0.2) is 23.8 Å². The van der Waals surface area contributed by atoms with Crippen LogP contribution in [0.2, 0.25) is 0 Å². The number of aromatic nitrogens is 2. The summed E-state index contributed by atoms with van der Waals surface area (Å²) in [5.41, 5.74) is -1.46. The molecule has 1 unspecified atom stereocenters. The number of hydrogen-bond acceptors (Lipinski definition) is 5. The van der Waals surface area contributed by atoms with E-state index < -0.39 is 26.2 Å². The van der Waals surface area contributed by atoms with Gasteiger partial charge in [0.25, 0.3) is 5.56 Å². The predicted molar refractivity (Wildman–Crippen MR) is 61.2 cm³/mol. The van der Waals surface area contributed by atoms with Crippen molar-refractivity contribution in [2.45, 2.75) is 11.8 Å². The lowest BCUT2D eigenvalue weighted by molar-refractivity contribution is 0.543. The minimum atomic E-state index is -3.83. The fourth-order valence-electron chi connectivity index (χ4n) is 1.56. The fraction of sp³-hybridized carbons (Fsp3) is 0.375. The van der Waals surface area contributed by atoms with Gasteiger partial charge in [-0.2, -0.15) is 4.36 Å². The third kappa shape index (κ3) is 1.54. The van der Waals surface area contributed by atoms with E-state index in [9.17, 15) is 18.4 Å². The Morgan fingerprint density at radius 1 is 1.24 bits per heavy atom. The Morgan fingerprint density at radius 2 is 1.82 bits per heavy atom. The summed E-state index contributed by atoms with van der Waals surface area (Å²) in [4.78, 5) is 26.8. The number of aliphatic imine (C=N–C) groups is 1. The zero-order valence-corrected chi connectivity index (χ0v) is 10.2. The molecule has 1 aliphatic heterocycles. The maximum absolute atomic E-state index is 11.9. The fourth-order valence-corrected chi connectivity index (χ4v) is 2.83. The van der Waals surface area contributed by atoms with Crippen LogP contribution in [-0.4, -0.2) is 23.7 Å². The van der Waals surface area contributed by atoms with Gasteiger partial charge in [-0.15, -0.1) is 0 Å². The molecule has 0 amide bonds. The first kappa shape index (κ1) is 11.7. The molecular formula is C8H10N4O4S. The van der Waals surface area contributed by atoms with Gasteiger partial charge < -0.3 is 0 Å². The summed E-state index contributed by atoms with van der Waals surface area (Å²) >= 11 is 0. The Balaban J connectivity index is 3.15. The SMILES string of the molecule is CC1=Nc2c(c(=O)n(C)c(=O)n2C)S(=O)(O)=N1. The summed E-state index contributed by atoms with van der Waals surface area (Å²) in [5.74, 6) is -0.0636. The summed E-state index contributed by atoms with van der Waals surface area (Å²) < 4.78 is 26.8. The van der Waals surface area contributed by atoms with Crippen molar-refractivity contribution < 1.29 is 8.76 Å². The molecule has 1 aliphatic rings. The van der Waals surface area contributed by atoms with E-state index in [1.165, 1.54) is 21.0 Å². The highest BCUT2D eigenvalue weighted by Crippen LogP contribution is 2.24. The molecule has 0 spiro atoms. The van der Waals surface area contributed by atoms with Gasteiger partial charge in [-0.1, -0.05) is 0 Å². The zero-order valence-electron chi connectivity index (χ0n) is 9.37. The van der Waals surface area contributed by atoms with E-state index in [0.717, 1.165) is 9.13 Å². The van der Waals surface area contributed by atoms with Gasteiger partial charge in [-0.05, 0) is 6.92 Å². The van der Waals surface area contributed by atoms with Gasteiger partial charge in [-0.25, -0.2) is 14.0 Å². The number of hydrogen-bond donors (Lipinski definition) is 1. The minimum absolute atomic E-state index is 0.0493. The van der Waals surface area contributed by atoms with E-state index in [4.69, 9.17) is 0 Å². The first-order chi connectivity index (χ1) is 7.75. The van der Waals surface area contributed by atoms with Crippen molar-refractivity contribution in [2.24, 2.45) is 23.5 Å². The van der Waals surface area contributed by atoms with Crippen LogP contribution in [0.3, 0.4) is 0 Å². The molecule has 0 saturated carbocycles. The smallest absolute Gasteiger partial charge is 0.296 e. The highest BCUT2D eigenvalue weighted by molar-refractivity contribution is 7.88. The lowest BCUT2D eigenvalue weighted by Gasteiger charge is -2.15. The summed E-state index contributed by atoms with van der Waals surface area (Å²) in [6, 6.07) is 0. The summed E-state index contributed by atoms with van der Waals surface area (Å²) in [6.45, 7) is 1.42. The van der Waals surface area contributed by atoms with Crippen LogP contribution in [0, 0.1) is 0 Å². The molecule has 1 atom stereocenters. The number of rotatable bonds is 0.